The first-order valence-corrected chi connectivity index (χ1v) is 5.68. The van der Waals surface area contributed by atoms with E-state index in [-0.39, 0.29) is 6.61 Å². The van der Waals surface area contributed by atoms with E-state index in [9.17, 15) is 0 Å². The van der Waals surface area contributed by atoms with E-state index in [1.807, 2.05) is 6.07 Å². The number of aliphatic hydroxyl groups excluding tert-OH is 1. The third-order valence-corrected chi connectivity index (χ3v) is 2.34. The van der Waals surface area contributed by atoms with Crippen LogP contribution in [-0.2, 0) is 0 Å². The molecule has 0 unspecified atom stereocenters. The van der Waals surface area contributed by atoms with Crippen LogP contribution in [0.25, 0.3) is 0 Å². The smallest absolute Gasteiger partial charge is 0.224 e. The Morgan fingerprint density at radius 1 is 1.44 bits per heavy atom. The maximum Gasteiger partial charge on any atom is 0.224 e. The van der Waals surface area contributed by atoms with Crippen molar-refractivity contribution in [1.82, 2.24) is 9.97 Å². The number of rotatable bonds is 7. The molecule has 0 bridgehead atoms. The first-order valence-electron chi connectivity index (χ1n) is 5.68. The molecular weight excluding hydrogens is 204 g/mol. The molecule has 1 rings (SSSR count). The van der Waals surface area contributed by atoms with Crippen molar-refractivity contribution in [3.8, 4) is 0 Å². The molecule has 1 aromatic heterocycles. The topological polar surface area (TPSA) is 61.3 Å². The van der Waals surface area contributed by atoms with Gasteiger partial charge in [0.15, 0.2) is 0 Å². The molecule has 0 aromatic carbocycles. The maximum atomic E-state index is 9.02. The summed E-state index contributed by atoms with van der Waals surface area (Å²) in [5.74, 6) is 1.47. The third kappa shape index (κ3) is 3.66. The second-order valence-electron chi connectivity index (χ2n) is 3.55. The highest BCUT2D eigenvalue weighted by Gasteiger charge is 2.07. The van der Waals surface area contributed by atoms with E-state index in [2.05, 4.69) is 27.1 Å². The van der Waals surface area contributed by atoms with E-state index in [0.29, 0.717) is 12.5 Å². The van der Waals surface area contributed by atoms with Gasteiger partial charge in [0, 0.05) is 26.3 Å². The van der Waals surface area contributed by atoms with Crippen LogP contribution in [0, 0.1) is 0 Å². The van der Waals surface area contributed by atoms with Crippen LogP contribution in [0.2, 0.25) is 0 Å². The molecule has 5 nitrogen and oxygen atoms in total. The minimum absolute atomic E-state index is 0.141. The molecular formula is C11H20N4O. The van der Waals surface area contributed by atoms with Gasteiger partial charge in [0.05, 0.1) is 6.61 Å². The lowest BCUT2D eigenvalue weighted by atomic mass is 10.3. The van der Waals surface area contributed by atoms with Crippen LogP contribution in [0.3, 0.4) is 0 Å². The van der Waals surface area contributed by atoms with E-state index in [0.717, 1.165) is 25.2 Å². The van der Waals surface area contributed by atoms with Gasteiger partial charge in [0.2, 0.25) is 5.95 Å². The first kappa shape index (κ1) is 12.7. The van der Waals surface area contributed by atoms with Crippen LogP contribution in [0.4, 0.5) is 11.8 Å². The summed E-state index contributed by atoms with van der Waals surface area (Å²) in [6.45, 7) is 3.82. The van der Waals surface area contributed by atoms with Crippen LogP contribution >= 0.6 is 0 Å². The highest BCUT2D eigenvalue weighted by molar-refractivity contribution is 5.42. The summed E-state index contributed by atoms with van der Waals surface area (Å²) in [5.41, 5.74) is 0. The van der Waals surface area contributed by atoms with Crippen molar-refractivity contribution in [2.24, 2.45) is 0 Å². The lowest BCUT2D eigenvalue weighted by Crippen LogP contribution is -2.28. The Hall–Kier alpha value is -1.36. The molecule has 0 saturated carbocycles. The van der Waals surface area contributed by atoms with Crippen molar-refractivity contribution in [2.45, 2.75) is 19.8 Å². The van der Waals surface area contributed by atoms with Crippen LogP contribution in [0.1, 0.15) is 19.8 Å². The van der Waals surface area contributed by atoms with Crippen LogP contribution in [0.15, 0.2) is 12.3 Å². The fourth-order valence-electron chi connectivity index (χ4n) is 1.46. The zero-order valence-corrected chi connectivity index (χ0v) is 9.98. The van der Waals surface area contributed by atoms with Crippen molar-refractivity contribution in [3.63, 3.8) is 0 Å². The highest BCUT2D eigenvalue weighted by Crippen LogP contribution is 2.12. The van der Waals surface area contributed by atoms with Crippen molar-refractivity contribution >= 4 is 11.8 Å². The second-order valence-corrected chi connectivity index (χ2v) is 3.55. The minimum atomic E-state index is 0.141. The zero-order valence-electron chi connectivity index (χ0n) is 9.98. The second kappa shape index (κ2) is 7.00. The van der Waals surface area contributed by atoms with Gasteiger partial charge in [-0.1, -0.05) is 13.3 Å². The molecule has 0 atom stereocenters. The molecule has 5 heteroatoms. The molecule has 1 heterocycles. The van der Waals surface area contributed by atoms with Gasteiger partial charge in [0.1, 0.15) is 5.82 Å². The monoisotopic (exact) mass is 224 g/mol. The fraction of sp³-hybridized carbons (Fsp3) is 0.636. The van der Waals surface area contributed by atoms with Gasteiger partial charge >= 0.3 is 0 Å². The predicted octanol–water partition coefficient (Wildman–Crippen LogP) is 1.12. The number of unbranched alkanes of at least 4 members (excludes halogenated alkanes) is 1. The fourth-order valence-corrected chi connectivity index (χ4v) is 1.46. The zero-order chi connectivity index (χ0) is 11.8. The summed E-state index contributed by atoms with van der Waals surface area (Å²) in [5, 5.41) is 11.9. The summed E-state index contributed by atoms with van der Waals surface area (Å²) in [4.78, 5) is 10.5. The molecule has 0 fully saturated rings. The molecule has 0 amide bonds. The molecule has 0 radical (unpaired) electrons. The number of nitrogens with zero attached hydrogens (tertiary/aromatic N) is 3. The van der Waals surface area contributed by atoms with E-state index in [1.54, 1.807) is 13.2 Å². The predicted molar refractivity (Wildman–Crippen MR) is 65.8 cm³/mol. The SMILES string of the molecule is CCCCN(CCO)c1ccnc(NC)n1. The lowest BCUT2D eigenvalue weighted by Gasteiger charge is -2.22. The largest absolute Gasteiger partial charge is 0.395 e. The summed E-state index contributed by atoms with van der Waals surface area (Å²) in [7, 11) is 1.79. The van der Waals surface area contributed by atoms with Gasteiger partial charge in [-0.3, -0.25) is 0 Å². The normalized spacial score (nSPS) is 10.2. The van der Waals surface area contributed by atoms with Gasteiger partial charge in [0.25, 0.3) is 0 Å². The number of hydrogen-bond acceptors (Lipinski definition) is 5. The van der Waals surface area contributed by atoms with E-state index < -0.39 is 0 Å². The number of hydrogen-bond donors (Lipinski definition) is 2. The van der Waals surface area contributed by atoms with Crippen molar-refractivity contribution in [1.29, 1.82) is 0 Å². The summed E-state index contributed by atoms with van der Waals surface area (Å²) in [6.07, 6.45) is 3.95. The van der Waals surface area contributed by atoms with Crippen molar-refractivity contribution < 1.29 is 5.11 Å². The van der Waals surface area contributed by atoms with Gasteiger partial charge in [-0.2, -0.15) is 4.98 Å². The molecule has 0 aliphatic rings. The molecule has 16 heavy (non-hydrogen) atoms. The maximum absolute atomic E-state index is 9.02. The van der Waals surface area contributed by atoms with Crippen LogP contribution in [-0.4, -0.2) is 41.8 Å². The Kier molecular flexibility index (Phi) is 5.56. The Balaban J connectivity index is 2.73. The number of nitrogens with one attached hydrogen (secondary N) is 1. The first-order chi connectivity index (χ1) is 7.81. The third-order valence-electron chi connectivity index (χ3n) is 2.34. The average molecular weight is 224 g/mol. The summed E-state index contributed by atoms with van der Waals surface area (Å²) < 4.78 is 0. The van der Waals surface area contributed by atoms with Gasteiger partial charge in [-0.05, 0) is 12.5 Å². The molecule has 90 valence electrons. The highest BCUT2D eigenvalue weighted by atomic mass is 16.3. The summed E-state index contributed by atoms with van der Waals surface area (Å²) >= 11 is 0. The van der Waals surface area contributed by atoms with Crippen LogP contribution in [0.5, 0.6) is 0 Å². The molecule has 0 saturated heterocycles. The molecule has 0 spiro atoms. The Morgan fingerprint density at radius 2 is 2.25 bits per heavy atom. The molecule has 1 aromatic rings. The summed E-state index contributed by atoms with van der Waals surface area (Å²) in [6, 6.07) is 1.87. The molecule has 0 aliphatic carbocycles. The Bertz CT molecular complexity index is 306. The van der Waals surface area contributed by atoms with Crippen LogP contribution < -0.4 is 10.2 Å². The average Bonchev–Trinajstić information content (AvgIpc) is 2.34. The minimum Gasteiger partial charge on any atom is -0.395 e. The van der Waals surface area contributed by atoms with Gasteiger partial charge in [-0.25, -0.2) is 4.98 Å². The molecule has 2 N–H and O–H groups in total. The molecule has 0 aliphatic heterocycles. The number of aromatic nitrogens is 2. The van der Waals surface area contributed by atoms with Gasteiger partial charge < -0.3 is 15.3 Å². The van der Waals surface area contributed by atoms with E-state index in [4.69, 9.17) is 5.11 Å². The van der Waals surface area contributed by atoms with Crippen molar-refractivity contribution in [3.05, 3.63) is 12.3 Å². The van der Waals surface area contributed by atoms with Crippen molar-refractivity contribution in [2.75, 3.05) is 37.0 Å². The van der Waals surface area contributed by atoms with E-state index >= 15 is 0 Å². The Labute approximate surface area is 96.5 Å². The number of aliphatic hydroxyl groups is 1. The lowest BCUT2D eigenvalue weighted by molar-refractivity contribution is 0.301. The quantitative estimate of drug-likeness (QED) is 0.726. The Morgan fingerprint density at radius 3 is 2.88 bits per heavy atom. The van der Waals surface area contributed by atoms with E-state index in [1.165, 1.54) is 0 Å². The standard InChI is InChI=1S/C11H20N4O/c1-3-4-7-15(8-9-16)10-5-6-13-11(12-2)14-10/h5-6,16H,3-4,7-9H2,1-2H3,(H,12,13,14). The van der Waals surface area contributed by atoms with Gasteiger partial charge in [-0.15, -0.1) is 0 Å². The number of anilines is 2.